The summed E-state index contributed by atoms with van der Waals surface area (Å²) >= 11 is 1.60. The van der Waals surface area contributed by atoms with Crippen LogP contribution in [0.25, 0.3) is 11.3 Å². The summed E-state index contributed by atoms with van der Waals surface area (Å²) in [5, 5.41) is 7.28. The maximum absolute atomic E-state index is 14.1. The molecule has 8 heteroatoms. The number of halogens is 3. The van der Waals surface area contributed by atoms with Crippen LogP contribution in [0.3, 0.4) is 0 Å². The minimum Gasteiger partial charge on any atom is -0.366 e. The molecule has 1 aromatic carbocycles. The van der Waals surface area contributed by atoms with Gasteiger partial charge in [0.1, 0.15) is 18.0 Å². The second-order valence-electron chi connectivity index (χ2n) is 7.01. The summed E-state index contributed by atoms with van der Waals surface area (Å²) < 4.78 is 40.8. The monoisotopic (exact) mass is 416 g/mol. The number of hydrogen-bond acceptors (Lipinski definition) is 5. The van der Waals surface area contributed by atoms with Gasteiger partial charge >= 0.3 is 0 Å². The van der Waals surface area contributed by atoms with Gasteiger partial charge in [0, 0.05) is 41.6 Å². The summed E-state index contributed by atoms with van der Waals surface area (Å²) in [6.07, 6.45) is 4.48. The molecule has 0 aliphatic heterocycles. The Morgan fingerprint density at radius 1 is 1.10 bits per heavy atom. The van der Waals surface area contributed by atoms with E-state index in [1.165, 1.54) is 6.33 Å². The first-order valence-electron chi connectivity index (χ1n) is 9.17. The van der Waals surface area contributed by atoms with E-state index in [0.717, 1.165) is 22.9 Å². The zero-order chi connectivity index (χ0) is 20.4. The van der Waals surface area contributed by atoms with Crippen LogP contribution in [-0.4, -0.2) is 22.6 Å². The second-order valence-corrected chi connectivity index (χ2v) is 7.79. The fraction of sp³-hybridized carbons (Fsp3) is 0.238. The minimum absolute atomic E-state index is 0.121. The van der Waals surface area contributed by atoms with Crippen molar-refractivity contribution in [3.8, 4) is 11.3 Å². The lowest BCUT2D eigenvalue weighted by atomic mass is 9.80. The topological polar surface area (TPSA) is 63.8 Å². The Labute approximate surface area is 170 Å². The predicted molar refractivity (Wildman–Crippen MR) is 108 cm³/mol. The van der Waals surface area contributed by atoms with E-state index in [-0.39, 0.29) is 11.6 Å². The number of hydrogen-bond donors (Lipinski definition) is 2. The van der Waals surface area contributed by atoms with Gasteiger partial charge in [-0.3, -0.25) is 0 Å². The van der Waals surface area contributed by atoms with E-state index in [1.807, 2.05) is 29.0 Å². The molecule has 150 valence electrons. The van der Waals surface area contributed by atoms with Gasteiger partial charge in [0.2, 0.25) is 0 Å². The fourth-order valence-electron chi connectivity index (χ4n) is 3.55. The Hall–Kier alpha value is -2.71. The number of nitrogens with one attached hydrogen (secondary N) is 1. The molecule has 4 rings (SSSR count). The van der Waals surface area contributed by atoms with E-state index in [9.17, 15) is 13.2 Å². The van der Waals surface area contributed by atoms with E-state index in [1.54, 1.807) is 11.3 Å². The molecular formula is C21H19F3N4S. The highest BCUT2D eigenvalue weighted by molar-refractivity contribution is 7.08. The van der Waals surface area contributed by atoms with Gasteiger partial charge < -0.3 is 11.1 Å². The van der Waals surface area contributed by atoms with Gasteiger partial charge in [-0.1, -0.05) is 11.6 Å². The van der Waals surface area contributed by atoms with Crippen molar-refractivity contribution in [1.82, 2.24) is 9.97 Å². The van der Waals surface area contributed by atoms with Gasteiger partial charge in [-0.2, -0.15) is 11.3 Å². The fourth-order valence-corrected chi connectivity index (χ4v) is 4.20. The molecule has 0 unspecified atom stereocenters. The van der Waals surface area contributed by atoms with Crippen molar-refractivity contribution in [1.29, 1.82) is 0 Å². The molecule has 0 amide bonds. The Balaban J connectivity index is 1.43. The van der Waals surface area contributed by atoms with Crippen molar-refractivity contribution < 1.29 is 13.2 Å². The van der Waals surface area contributed by atoms with Crippen LogP contribution in [0.5, 0.6) is 0 Å². The molecule has 3 N–H and O–H groups in total. The van der Waals surface area contributed by atoms with Crippen molar-refractivity contribution in [2.45, 2.75) is 24.8 Å². The second kappa shape index (κ2) is 8.34. The molecular weight excluding hydrogens is 397 g/mol. The molecule has 0 spiro atoms. The zero-order valence-electron chi connectivity index (χ0n) is 15.4. The first-order chi connectivity index (χ1) is 14.0. The third-order valence-electron chi connectivity index (χ3n) is 5.09. The average molecular weight is 416 g/mol. The largest absolute Gasteiger partial charge is 0.366 e. The molecule has 3 aromatic rings. The van der Waals surface area contributed by atoms with Crippen LogP contribution in [0.4, 0.5) is 19.0 Å². The lowest BCUT2D eigenvalue weighted by Gasteiger charge is -2.29. The lowest BCUT2D eigenvalue weighted by Crippen LogP contribution is -2.33. The normalized spacial score (nSPS) is 19.1. The van der Waals surface area contributed by atoms with Gasteiger partial charge in [-0.05, 0) is 35.9 Å². The Morgan fingerprint density at radius 3 is 2.69 bits per heavy atom. The van der Waals surface area contributed by atoms with Crippen LogP contribution >= 0.6 is 11.3 Å². The smallest absolute Gasteiger partial charge is 0.161 e. The predicted octanol–water partition coefficient (Wildman–Crippen LogP) is 4.87. The lowest BCUT2D eigenvalue weighted by molar-refractivity contribution is 0.455. The Kier molecular flexibility index (Phi) is 5.64. The molecule has 0 fully saturated rings. The molecule has 4 nitrogen and oxygen atoms in total. The number of anilines is 1. The highest BCUT2D eigenvalue weighted by Gasteiger charge is 2.27. The molecule has 1 aliphatic carbocycles. The van der Waals surface area contributed by atoms with Crippen LogP contribution < -0.4 is 11.1 Å². The van der Waals surface area contributed by atoms with Crippen LogP contribution in [0, 0.1) is 17.5 Å². The first kappa shape index (κ1) is 19.6. The van der Waals surface area contributed by atoms with Gasteiger partial charge in [0.15, 0.2) is 11.6 Å². The van der Waals surface area contributed by atoms with Crippen molar-refractivity contribution in [2.24, 2.45) is 5.73 Å². The minimum atomic E-state index is -1.19. The number of thiophene rings is 1. The van der Waals surface area contributed by atoms with Crippen LogP contribution in [0.1, 0.15) is 24.3 Å². The van der Waals surface area contributed by atoms with E-state index >= 15 is 0 Å². The van der Waals surface area contributed by atoms with Crippen molar-refractivity contribution in [3.05, 3.63) is 76.0 Å². The summed E-state index contributed by atoms with van der Waals surface area (Å²) in [7, 11) is 0. The average Bonchev–Trinajstić information content (AvgIpc) is 3.25. The number of benzene rings is 1. The van der Waals surface area contributed by atoms with Crippen molar-refractivity contribution in [3.63, 3.8) is 0 Å². The summed E-state index contributed by atoms with van der Waals surface area (Å²) in [4.78, 5) is 8.52. The first-order valence-corrected chi connectivity index (χ1v) is 10.1. The van der Waals surface area contributed by atoms with E-state index < -0.39 is 23.4 Å². The maximum Gasteiger partial charge on any atom is 0.161 e. The molecule has 0 radical (unpaired) electrons. The quantitative estimate of drug-likeness (QED) is 0.460. The number of nitrogens with zero attached hydrogens (tertiary/aromatic N) is 2. The SMILES string of the molecule is N[C@@H]1CC(CNc2cc(-c3ccsc3)ncn2)=CC[C@H]1c1cc(F)c(F)cc1F. The molecule has 2 atom stereocenters. The maximum atomic E-state index is 14.1. The van der Waals surface area contributed by atoms with Crippen molar-refractivity contribution in [2.75, 3.05) is 11.9 Å². The van der Waals surface area contributed by atoms with E-state index in [2.05, 4.69) is 15.3 Å². The third kappa shape index (κ3) is 4.33. The van der Waals surface area contributed by atoms with Crippen LogP contribution in [-0.2, 0) is 0 Å². The summed E-state index contributed by atoms with van der Waals surface area (Å²) in [5.41, 5.74) is 9.30. The third-order valence-corrected chi connectivity index (χ3v) is 5.78. The molecule has 0 bridgehead atoms. The van der Waals surface area contributed by atoms with E-state index in [4.69, 9.17) is 5.73 Å². The number of rotatable bonds is 5. The number of allylic oxidation sites excluding steroid dienone is 1. The summed E-state index contributed by atoms with van der Waals surface area (Å²) in [6, 6.07) is 4.99. The zero-order valence-corrected chi connectivity index (χ0v) is 16.2. The van der Waals surface area contributed by atoms with Crippen LogP contribution in [0.15, 0.2) is 53.0 Å². The summed E-state index contributed by atoms with van der Waals surface area (Å²) in [5.74, 6) is -2.71. The molecule has 1 aliphatic rings. The van der Waals surface area contributed by atoms with Crippen molar-refractivity contribution >= 4 is 17.2 Å². The molecule has 2 heterocycles. The molecule has 0 saturated carbocycles. The van der Waals surface area contributed by atoms with E-state index in [0.29, 0.717) is 31.3 Å². The van der Waals surface area contributed by atoms with Crippen LogP contribution in [0.2, 0.25) is 0 Å². The standard InChI is InChI=1S/C21H19F3N4S/c22-16-7-18(24)17(23)6-15(16)14-2-1-12(5-19(14)25)9-26-21-8-20(27-11-28-21)13-3-4-29-10-13/h1,3-4,6-8,10-11,14,19H,2,5,9,25H2,(H,26,27,28)/t14-,19+/m0/s1. The molecule has 0 saturated heterocycles. The number of aromatic nitrogens is 2. The Bertz CT molecular complexity index is 1040. The molecule has 29 heavy (non-hydrogen) atoms. The summed E-state index contributed by atoms with van der Waals surface area (Å²) in [6.45, 7) is 0.542. The highest BCUT2D eigenvalue weighted by atomic mass is 32.1. The Morgan fingerprint density at radius 2 is 1.93 bits per heavy atom. The molecule has 2 aromatic heterocycles. The highest BCUT2D eigenvalue weighted by Crippen LogP contribution is 2.34. The number of nitrogens with two attached hydrogens (primary N) is 1. The van der Waals surface area contributed by atoms with Gasteiger partial charge in [0.25, 0.3) is 0 Å². The van der Waals surface area contributed by atoms with Gasteiger partial charge in [0.05, 0.1) is 5.69 Å². The van der Waals surface area contributed by atoms with Gasteiger partial charge in [-0.25, -0.2) is 23.1 Å². The van der Waals surface area contributed by atoms with Gasteiger partial charge in [-0.15, -0.1) is 0 Å².